The Balaban J connectivity index is 3.23. The molecule has 0 aromatic carbocycles. The molecule has 1 rings (SSSR count). The fourth-order valence-corrected chi connectivity index (χ4v) is 1.05. The highest BCUT2D eigenvalue weighted by atomic mass is 16.5. The third-order valence-electron chi connectivity index (χ3n) is 1.69. The van der Waals surface area contributed by atoms with Gasteiger partial charge >= 0.3 is 11.7 Å². The summed E-state index contributed by atoms with van der Waals surface area (Å²) in [6.07, 6.45) is 0. The van der Waals surface area contributed by atoms with Gasteiger partial charge in [-0.3, -0.25) is 0 Å². The van der Waals surface area contributed by atoms with Crippen LogP contribution in [0.25, 0.3) is 0 Å². The second-order valence-electron chi connectivity index (χ2n) is 2.33. The van der Waals surface area contributed by atoms with Crippen molar-refractivity contribution >= 4 is 0 Å². The summed E-state index contributed by atoms with van der Waals surface area (Å²) in [7, 11) is 1.51. The quantitative estimate of drug-likeness (QED) is 0.647. The molecule has 0 atom stereocenters. The van der Waals surface area contributed by atoms with Crippen LogP contribution in [0.4, 0.5) is 0 Å². The fourth-order valence-electron chi connectivity index (χ4n) is 1.05. The van der Waals surface area contributed by atoms with Gasteiger partial charge in [0.2, 0.25) is 0 Å². The first kappa shape index (κ1) is 8.83. The molecule has 0 fully saturated rings. The van der Waals surface area contributed by atoms with Gasteiger partial charge in [0.1, 0.15) is 0 Å². The number of rotatable bonds is 3. The van der Waals surface area contributed by atoms with Crippen molar-refractivity contribution in [2.24, 2.45) is 0 Å². The van der Waals surface area contributed by atoms with E-state index >= 15 is 0 Å². The second kappa shape index (κ2) is 3.42. The molecule has 1 heterocycles. The van der Waals surface area contributed by atoms with Gasteiger partial charge in [-0.05, 0) is 13.8 Å². The summed E-state index contributed by atoms with van der Waals surface area (Å²) < 4.78 is 7.80. The lowest BCUT2D eigenvalue weighted by Gasteiger charge is -1.97. The molecule has 0 aliphatic carbocycles. The van der Waals surface area contributed by atoms with Gasteiger partial charge in [0, 0.05) is 13.1 Å². The zero-order valence-corrected chi connectivity index (χ0v) is 7.57. The highest BCUT2D eigenvalue weighted by Crippen LogP contribution is 2.00. The van der Waals surface area contributed by atoms with Crippen LogP contribution in [0.15, 0.2) is 4.79 Å². The third kappa shape index (κ3) is 1.22. The van der Waals surface area contributed by atoms with Crippen molar-refractivity contribution < 1.29 is 4.74 Å². The predicted octanol–water partition coefficient (Wildman–Crippen LogP) is 0.0932. The summed E-state index contributed by atoms with van der Waals surface area (Å²) in [6.45, 7) is 4.91. The average molecular weight is 171 g/mol. The van der Waals surface area contributed by atoms with Gasteiger partial charge in [0.05, 0.1) is 7.11 Å². The number of ether oxygens (including phenoxy) is 1. The van der Waals surface area contributed by atoms with E-state index in [0.717, 1.165) is 0 Å². The molecular weight excluding hydrogens is 158 g/mol. The van der Waals surface area contributed by atoms with Crippen LogP contribution in [0.2, 0.25) is 0 Å². The first-order chi connectivity index (χ1) is 5.74. The molecule has 0 amide bonds. The molecule has 0 aliphatic rings. The van der Waals surface area contributed by atoms with E-state index in [4.69, 9.17) is 4.74 Å². The van der Waals surface area contributed by atoms with Gasteiger partial charge in [-0.1, -0.05) is 0 Å². The molecule has 0 N–H and O–H groups in total. The van der Waals surface area contributed by atoms with Gasteiger partial charge < -0.3 is 4.74 Å². The van der Waals surface area contributed by atoms with Crippen LogP contribution in [0, 0.1) is 0 Å². The molecule has 5 heteroatoms. The van der Waals surface area contributed by atoms with Crippen molar-refractivity contribution in [3.05, 3.63) is 10.5 Å². The molecule has 0 radical (unpaired) electrons. The molecule has 0 saturated carbocycles. The minimum Gasteiger partial charge on any atom is -0.467 e. The molecule has 0 aliphatic heterocycles. The van der Waals surface area contributed by atoms with Gasteiger partial charge in [0.15, 0.2) is 0 Å². The van der Waals surface area contributed by atoms with Crippen molar-refractivity contribution in [3.8, 4) is 6.01 Å². The lowest BCUT2D eigenvalue weighted by atomic mass is 10.7. The zero-order valence-electron chi connectivity index (χ0n) is 7.57. The molecule has 12 heavy (non-hydrogen) atoms. The topological polar surface area (TPSA) is 49.0 Å². The molecular formula is C7H13N3O2. The number of aryl methyl sites for hydroxylation is 1. The lowest BCUT2D eigenvalue weighted by molar-refractivity contribution is 0.354. The molecule has 1 aromatic rings. The highest BCUT2D eigenvalue weighted by molar-refractivity contribution is 4.92. The summed E-state index contributed by atoms with van der Waals surface area (Å²) in [5, 5.41) is 3.96. The van der Waals surface area contributed by atoms with Gasteiger partial charge in [-0.25, -0.2) is 14.0 Å². The number of aromatic nitrogens is 3. The Morgan fingerprint density at radius 3 is 2.42 bits per heavy atom. The van der Waals surface area contributed by atoms with Crippen molar-refractivity contribution in [2.45, 2.75) is 26.9 Å². The van der Waals surface area contributed by atoms with E-state index in [1.165, 1.54) is 16.4 Å². The Hall–Kier alpha value is -1.26. The minimum atomic E-state index is -0.114. The zero-order chi connectivity index (χ0) is 9.14. The molecule has 68 valence electrons. The molecule has 5 nitrogen and oxygen atoms in total. The molecule has 0 bridgehead atoms. The second-order valence-corrected chi connectivity index (χ2v) is 2.33. The first-order valence-electron chi connectivity index (χ1n) is 3.96. The van der Waals surface area contributed by atoms with E-state index in [-0.39, 0.29) is 5.69 Å². The summed E-state index contributed by atoms with van der Waals surface area (Å²) in [6, 6.07) is 0.379. The highest BCUT2D eigenvalue weighted by Gasteiger charge is 2.09. The van der Waals surface area contributed by atoms with Gasteiger partial charge in [0.25, 0.3) is 0 Å². The smallest absolute Gasteiger partial charge is 0.348 e. The van der Waals surface area contributed by atoms with Crippen LogP contribution in [0.5, 0.6) is 6.01 Å². The maximum absolute atomic E-state index is 11.4. The van der Waals surface area contributed by atoms with Crippen molar-refractivity contribution in [3.63, 3.8) is 0 Å². The normalized spacial score (nSPS) is 10.2. The first-order valence-corrected chi connectivity index (χ1v) is 3.96. The maximum atomic E-state index is 11.4. The molecule has 1 aromatic heterocycles. The van der Waals surface area contributed by atoms with E-state index in [9.17, 15) is 4.79 Å². The van der Waals surface area contributed by atoms with E-state index in [2.05, 4.69) is 5.10 Å². The number of nitrogens with zero attached hydrogens (tertiary/aromatic N) is 3. The van der Waals surface area contributed by atoms with E-state index in [0.29, 0.717) is 19.1 Å². The number of hydrogen-bond donors (Lipinski definition) is 0. The average Bonchev–Trinajstić information content (AvgIpc) is 2.41. The largest absolute Gasteiger partial charge is 0.467 e. The SMILES string of the molecule is CCn1nc(OC)n(CC)c1=O. The Morgan fingerprint density at radius 1 is 1.42 bits per heavy atom. The monoisotopic (exact) mass is 171 g/mol. The fraction of sp³-hybridized carbons (Fsp3) is 0.714. The van der Waals surface area contributed by atoms with E-state index < -0.39 is 0 Å². The van der Waals surface area contributed by atoms with Crippen LogP contribution >= 0.6 is 0 Å². The van der Waals surface area contributed by atoms with Crippen LogP contribution in [-0.4, -0.2) is 21.5 Å². The van der Waals surface area contributed by atoms with Crippen LogP contribution in [0.3, 0.4) is 0 Å². The summed E-state index contributed by atoms with van der Waals surface area (Å²) >= 11 is 0. The molecule has 0 spiro atoms. The van der Waals surface area contributed by atoms with Crippen LogP contribution in [0.1, 0.15) is 13.8 Å². The summed E-state index contributed by atoms with van der Waals surface area (Å²) in [4.78, 5) is 11.4. The van der Waals surface area contributed by atoms with E-state index in [1.54, 1.807) is 0 Å². The van der Waals surface area contributed by atoms with Crippen LogP contribution in [-0.2, 0) is 13.1 Å². The predicted molar refractivity (Wildman–Crippen MR) is 44.4 cm³/mol. The summed E-state index contributed by atoms with van der Waals surface area (Å²) in [5.41, 5.74) is -0.114. The van der Waals surface area contributed by atoms with Gasteiger partial charge in [-0.2, -0.15) is 0 Å². The van der Waals surface area contributed by atoms with Crippen LogP contribution < -0.4 is 10.4 Å². The number of hydrogen-bond acceptors (Lipinski definition) is 3. The van der Waals surface area contributed by atoms with Crippen molar-refractivity contribution in [1.82, 2.24) is 14.3 Å². The minimum absolute atomic E-state index is 0.114. The Bertz CT molecular complexity index is 313. The third-order valence-corrected chi connectivity index (χ3v) is 1.69. The molecule has 0 unspecified atom stereocenters. The standard InChI is InChI=1S/C7H13N3O2/c1-4-9-6(12-3)8-10(5-2)7(9)11/h4-5H2,1-3H3. The van der Waals surface area contributed by atoms with Crippen molar-refractivity contribution in [1.29, 1.82) is 0 Å². The Morgan fingerprint density at radius 2 is 2.08 bits per heavy atom. The lowest BCUT2D eigenvalue weighted by Crippen LogP contribution is -2.23. The molecule has 0 saturated heterocycles. The van der Waals surface area contributed by atoms with Gasteiger partial charge in [-0.15, -0.1) is 5.10 Å². The Labute approximate surface area is 70.6 Å². The summed E-state index contributed by atoms with van der Waals surface area (Å²) in [5.74, 6) is 0. The number of methoxy groups -OCH3 is 1. The van der Waals surface area contributed by atoms with Crippen molar-refractivity contribution in [2.75, 3.05) is 7.11 Å². The maximum Gasteiger partial charge on any atom is 0.348 e. The van der Waals surface area contributed by atoms with E-state index in [1.807, 2.05) is 13.8 Å². The Kier molecular flexibility index (Phi) is 2.52.